The van der Waals surface area contributed by atoms with Gasteiger partial charge in [-0.15, -0.1) is 11.6 Å². The van der Waals surface area contributed by atoms with E-state index in [0.717, 1.165) is 44.9 Å². The van der Waals surface area contributed by atoms with E-state index in [1.807, 2.05) is 6.07 Å². The second kappa shape index (κ2) is 13.6. The Morgan fingerprint density at radius 2 is 1.79 bits per heavy atom. The number of benzene rings is 1. The number of rotatable bonds is 10. The van der Waals surface area contributed by atoms with Gasteiger partial charge < -0.3 is 19.7 Å². The number of halogens is 1. The van der Waals surface area contributed by atoms with Crippen LogP contribution in [0, 0.1) is 0 Å². The van der Waals surface area contributed by atoms with E-state index in [0.29, 0.717) is 23.6 Å². The molecule has 188 valence electrons. The van der Waals surface area contributed by atoms with Gasteiger partial charge >= 0.3 is 0 Å². The third-order valence-corrected chi connectivity index (χ3v) is 7.21. The maximum atomic E-state index is 13.8. The molecule has 1 unspecified atom stereocenters. The fourth-order valence-electron chi connectivity index (χ4n) is 5.07. The molecule has 2 aliphatic rings. The Kier molecular flexibility index (Phi) is 10.6. The summed E-state index contributed by atoms with van der Waals surface area (Å²) in [5.74, 6) is 0.542. The molecule has 0 heterocycles. The van der Waals surface area contributed by atoms with Crippen LogP contribution in [0.5, 0.6) is 11.5 Å². The molecular weight excluding hydrogens is 452 g/mol. The van der Waals surface area contributed by atoms with Gasteiger partial charge in [0.15, 0.2) is 11.5 Å². The Morgan fingerprint density at radius 3 is 2.41 bits per heavy atom. The average Bonchev–Trinajstić information content (AvgIpc) is 3.14. The van der Waals surface area contributed by atoms with Crippen molar-refractivity contribution in [1.82, 2.24) is 10.2 Å². The van der Waals surface area contributed by atoms with Crippen molar-refractivity contribution in [2.75, 3.05) is 26.6 Å². The molecule has 0 saturated heterocycles. The monoisotopic (exact) mass is 490 g/mol. The lowest BCUT2D eigenvalue weighted by Gasteiger charge is -2.33. The van der Waals surface area contributed by atoms with Crippen molar-refractivity contribution in [3.05, 3.63) is 35.4 Å². The van der Waals surface area contributed by atoms with Crippen molar-refractivity contribution in [2.24, 2.45) is 0 Å². The normalized spacial score (nSPS) is 17.8. The van der Waals surface area contributed by atoms with E-state index >= 15 is 0 Å². The zero-order valence-corrected chi connectivity index (χ0v) is 21.4. The zero-order chi connectivity index (χ0) is 24.3. The van der Waals surface area contributed by atoms with Crippen molar-refractivity contribution in [2.45, 2.75) is 82.7 Å². The topological polar surface area (TPSA) is 67.9 Å². The Bertz CT molecular complexity index is 849. The van der Waals surface area contributed by atoms with Crippen molar-refractivity contribution < 1.29 is 19.1 Å². The van der Waals surface area contributed by atoms with Crippen LogP contribution in [0.2, 0.25) is 0 Å². The molecule has 7 heteroatoms. The summed E-state index contributed by atoms with van der Waals surface area (Å²) < 4.78 is 10.9. The molecule has 0 radical (unpaired) electrons. The molecule has 6 nitrogen and oxygen atoms in total. The first-order valence-electron chi connectivity index (χ1n) is 12.6. The van der Waals surface area contributed by atoms with Gasteiger partial charge in [-0.05, 0) is 62.6 Å². The van der Waals surface area contributed by atoms with E-state index in [1.54, 1.807) is 31.3 Å². The molecule has 1 aromatic carbocycles. The first-order valence-corrected chi connectivity index (χ1v) is 13.2. The summed E-state index contributed by atoms with van der Waals surface area (Å²) in [6.45, 7) is 0.453. The maximum absolute atomic E-state index is 13.8. The van der Waals surface area contributed by atoms with Gasteiger partial charge in [0.05, 0.1) is 14.2 Å². The van der Waals surface area contributed by atoms with Crippen molar-refractivity contribution >= 4 is 23.4 Å². The number of ether oxygens (including phenoxy) is 2. The Hall–Kier alpha value is -2.21. The number of amides is 2. The van der Waals surface area contributed by atoms with E-state index in [2.05, 4.69) is 11.4 Å². The van der Waals surface area contributed by atoms with Crippen LogP contribution < -0.4 is 14.8 Å². The van der Waals surface area contributed by atoms with Crippen LogP contribution >= 0.6 is 11.6 Å². The second-order valence-corrected chi connectivity index (χ2v) is 9.56. The lowest BCUT2D eigenvalue weighted by Crippen LogP contribution is -2.47. The van der Waals surface area contributed by atoms with Crippen LogP contribution in [0.15, 0.2) is 29.8 Å². The lowest BCUT2D eigenvalue weighted by atomic mass is 9.96. The van der Waals surface area contributed by atoms with Gasteiger partial charge in [0.2, 0.25) is 11.8 Å². The third-order valence-electron chi connectivity index (χ3n) is 6.98. The number of methoxy groups -OCH3 is 2. The number of nitrogens with one attached hydrogen (secondary N) is 1. The number of nitrogens with zero attached hydrogens (tertiary/aromatic N) is 1. The Morgan fingerprint density at radius 1 is 1.06 bits per heavy atom. The number of allylic oxidation sites excluding steroid dienone is 1. The van der Waals surface area contributed by atoms with Gasteiger partial charge in [-0.3, -0.25) is 9.59 Å². The summed E-state index contributed by atoms with van der Waals surface area (Å²) >= 11 is 6.04. The van der Waals surface area contributed by atoms with Crippen LogP contribution in [0.25, 0.3) is 0 Å². The van der Waals surface area contributed by atoms with Crippen molar-refractivity contribution in [3.8, 4) is 11.5 Å². The highest BCUT2D eigenvalue weighted by molar-refractivity contribution is 6.27. The largest absolute Gasteiger partial charge is 0.493 e. The van der Waals surface area contributed by atoms with E-state index < -0.39 is 6.04 Å². The summed E-state index contributed by atoms with van der Waals surface area (Å²) in [7, 11) is 3.15. The van der Waals surface area contributed by atoms with Crippen molar-refractivity contribution in [1.29, 1.82) is 0 Å². The molecule has 1 atom stereocenters. The average molecular weight is 491 g/mol. The predicted molar refractivity (Wildman–Crippen MR) is 136 cm³/mol. The highest BCUT2D eigenvalue weighted by Crippen LogP contribution is 2.33. The molecule has 2 aliphatic carbocycles. The van der Waals surface area contributed by atoms with E-state index in [9.17, 15) is 9.59 Å². The minimum atomic E-state index is -0.779. The summed E-state index contributed by atoms with van der Waals surface area (Å²) in [4.78, 5) is 28.5. The third kappa shape index (κ3) is 7.14. The second-order valence-electron chi connectivity index (χ2n) is 9.29. The molecule has 34 heavy (non-hydrogen) atoms. The quantitative estimate of drug-likeness (QED) is 0.265. The zero-order valence-electron chi connectivity index (χ0n) is 20.6. The number of hydrogen-bond donors (Lipinski definition) is 1. The molecule has 3 rings (SSSR count). The van der Waals surface area contributed by atoms with Gasteiger partial charge in [0, 0.05) is 12.6 Å². The number of carbonyl (C=O) groups is 2. The highest BCUT2D eigenvalue weighted by Gasteiger charge is 2.33. The van der Waals surface area contributed by atoms with Gasteiger partial charge in [0.1, 0.15) is 11.9 Å². The summed E-state index contributed by atoms with van der Waals surface area (Å²) in [5, 5.41) is 3.26. The maximum Gasteiger partial charge on any atom is 0.247 e. The molecule has 0 aliphatic heterocycles. The minimum Gasteiger partial charge on any atom is -0.493 e. The Labute approximate surface area is 209 Å². The van der Waals surface area contributed by atoms with Crippen LogP contribution in [-0.2, 0) is 9.59 Å². The molecule has 1 N–H and O–H groups in total. The van der Waals surface area contributed by atoms with Crippen LogP contribution in [0.3, 0.4) is 0 Å². The van der Waals surface area contributed by atoms with Gasteiger partial charge in [0.25, 0.3) is 0 Å². The SMILES string of the molecule is COc1ccc(C(C(=O)NC2CCCCCC2)N(CCC2=CCCCC2)C(=O)CCl)cc1OC. The standard InChI is InChI=1S/C27H39ClN2O4/c1-33-23-15-14-21(18-24(23)34-2)26(27(32)29-22-12-8-3-4-9-13-22)30(25(31)19-28)17-16-20-10-6-5-7-11-20/h10,14-15,18,22,26H,3-9,11-13,16-17,19H2,1-2H3,(H,29,32). The number of hydrogen-bond acceptors (Lipinski definition) is 4. The van der Waals surface area contributed by atoms with Gasteiger partial charge in [-0.2, -0.15) is 0 Å². The Balaban J connectivity index is 1.92. The van der Waals surface area contributed by atoms with E-state index in [1.165, 1.54) is 31.3 Å². The number of carbonyl (C=O) groups excluding carboxylic acids is 2. The highest BCUT2D eigenvalue weighted by atomic mass is 35.5. The number of alkyl halides is 1. The van der Waals surface area contributed by atoms with E-state index in [-0.39, 0.29) is 23.7 Å². The molecule has 1 saturated carbocycles. The first-order chi connectivity index (χ1) is 16.6. The molecule has 0 spiro atoms. The van der Waals surface area contributed by atoms with Crippen LogP contribution in [-0.4, -0.2) is 49.4 Å². The molecule has 2 amide bonds. The fourth-order valence-corrected chi connectivity index (χ4v) is 5.22. The van der Waals surface area contributed by atoms with Gasteiger partial charge in [-0.25, -0.2) is 0 Å². The summed E-state index contributed by atoms with van der Waals surface area (Å²) in [6.07, 6.45) is 14.2. The fraction of sp³-hybridized carbons (Fsp3) is 0.630. The molecule has 0 aromatic heterocycles. The first kappa shape index (κ1) is 26.4. The summed E-state index contributed by atoms with van der Waals surface area (Å²) in [6, 6.07) is 4.77. The predicted octanol–water partition coefficient (Wildman–Crippen LogP) is 5.54. The van der Waals surface area contributed by atoms with E-state index in [4.69, 9.17) is 21.1 Å². The van der Waals surface area contributed by atoms with Gasteiger partial charge in [-0.1, -0.05) is 43.4 Å². The molecule has 0 bridgehead atoms. The molecular formula is C27H39ClN2O4. The minimum absolute atomic E-state index is 0.131. The lowest BCUT2D eigenvalue weighted by molar-refractivity contribution is -0.139. The van der Waals surface area contributed by atoms with Crippen molar-refractivity contribution in [3.63, 3.8) is 0 Å². The molecule has 1 fully saturated rings. The van der Waals surface area contributed by atoms with Crippen LogP contribution in [0.4, 0.5) is 0 Å². The molecule has 1 aromatic rings. The summed E-state index contributed by atoms with van der Waals surface area (Å²) in [5.41, 5.74) is 2.05. The smallest absolute Gasteiger partial charge is 0.247 e. The van der Waals surface area contributed by atoms with Crippen LogP contribution in [0.1, 0.15) is 82.2 Å².